The molecule has 0 spiro atoms. The van der Waals surface area contributed by atoms with Crippen molar-refractivity contribution in [1.82, 2.24) is 5.32 Å². The van der Waals surface area contributed by atoms with Crippen LogP contribution in [0.2, 0.25) is 0 Å². The molecule has 0 aromatic rings. The molecule has 2 N–H and O–H groups in total. The Morgan fingerprint density at radius 1 is 1.70 bits per heavy atom. The van der Waals surface area contributed by atoms with E-state index in [1.807, 2.05) is 0 Å². The molecule has 0 amide bonds. The molecule has 1 aliphatic heterocycles. The summed E-state index contributed by atoms with van der Waals surface area (Å²) in [6.07, 6.45) is 2.75. The van der Waals surface area contributed by atoms with Gasteiger partial charge in [-0.2, -0.15) is 0 Å². The van der Waals surface area contributed by atoms with Crippen LogP contribution in [0.3, 0.4) is 0 Å². The number of aliphatic hydroxyl groups is 1. The van der Waals surface area contributed by atoms with E-state index in [1.54, 1.807) is 12.4 Å². The molecule has 0 aliphatic carbocycles. The summed E-state index contributed by atoms with van der Waals surface area (Å²) in [4.78, 5) is 3.78. The highest BCUT2D eigenvalue weighted by atomic mass is 16.3. The Kier molecular flexibility index (Phi) is 2.06. The highest BCUT2D eigenvalue weighted by Gasteiger charge is 2.06. The highest BCUT2D eigenvalue weighted by molar-refractivity contribution is 5.79. The monoisotopic (exact) mass is 140 g/mol. The van der Waals surface area contributed by atoms with E-state index >= 15 is 0 Å². The van der Waals surface area contributed by atoms with Crippen LogP contribution in [0.25, 0.3) is 0 Å². The van der Waals surface area contributed by atoms with Crippen LogP contribution in [0.1, 0.15) is 13.8 Å². The van der Waals surface area contributed by atoms with Gasteiger partial charge in [0.05, 0.1) is 0 Å². The molecule has 0 bridgehead atoms. The first-order valence-electron chi connectivity index (χ1n) is 3.37. The number of hydrogen-bond donors (Lipinski definition) is 2. The van der Waals surface area contributed by atoms with Crippen LogP contribution >= 0.6 is 0 Å². The van der Waals surface area contributed by atoms with Gasteiger partial charge in [-0.3, -0.25) is 0 Å². The maximum Gasteiger partial charge on any atom is 0.222 e. The lowest BCUT2D eigenvalue weighted by Gasteiger charge is -2.14. The van der Waals surface area contributed by atoms with Crippen molar-refractivity contribution in [2.24, 2.45) is 10.9 Å². The van der Waals surface area contributed by atoms with Gasteiger partial charge in [-0.15, -0.1) is 0 Å². The SMILES string of the molecule is CC(C)C1=CNC(O)N=C1. The van der Waals surface area contributed by atoms with Crippen LogP contribution in [0.5, 0.6) is 0 Å². The van der Waals surface area contributed by atoms with Gasteiger partial charge < -0.3 is 10.4 Å². The number of nitrogens with one attached hydrogen (secondary N) is 1. The van der Waals surface area contributed by atoms with Gasteiger partial charge in [0.15, 0.2) is 0 Å². The Morgan fingerprint density at radius 3 is 2.80 bits per heavy atom. The summed E-state index contributed by atoms with van der Waals surface area (Å²) < 4.78 is 0. The second-order valence-corrected chi connectivity index (χ2v) is 2.62. The zero-order valence-electron chi connectivity index (χ0n) is 6.20. The lowest BCUT2D eigenvalue weighted by atomic mass is 10.1. The molecule has 0 saturated heterocycles. The third kappa shape index (κ3) is 1.57. The van der Waals surface area contributed by atoms with Crippen molar-refractivity contribution >= 4 is 6.21 Å². The molecular weight excluding hydrogens is 128 g/mol. The van der Waals surface area contributed by atoms with Gasteiger partial charge in [-0.1, -0.05) is 13.8 Å². The van der Waals surface area contributed by atoms with Crippen molar-refractivity contribution in [2.45, 2.75) is 20.2 Å². The van der Waals surface area contributed by atoms with Gasteiger partial charge >= 0.3 is 0 Å². The topological polar surface area (TPSA) is 44.6 Å². The second kappa shape index (κ2) is 2.84. The van der Waals surface area contributed by atoms with E-state index in [-0.39, 0.29) is 0 Å². The summed E-state index contributed by atoms with van der Waals surface area (Å²) in [6, 6.07) is 0. The summed E-state index contributed by atoms with van der Waals surface area (Å²) in [5.74, 6) is 0.462. The minimum atomic E-state index is -0.748. The Balaban J connectivity index is 2.59. The lowest BCUT2D eigenvalue weighted by molar-refractivity contribution is 0.162. The van der Waals surface area contributed by atoms with E-state index in [1.165, 1.54) is 0 Å². The smallest absolute Gasteiger partial charge is 0.222 e. The van der Waals surface area contributed by atoms with E-state index < -0.39 is 6.35 Å². The molecule has 1 unspecified atom stereocenters. The largest absolute Gasteiger partial charge is 0.355 e. The van der Waals surface area contributed by atoms with E-state index in [2.05, 4.69) is 24.2 Å². The number of aliphatic hydroxyl groups excluding tert-OH is 1. The van der Waals surface area contributed by atoms with E-state index in [4.69, 9.17) is 5.11 Å². The van der Waals surface area contributed by atoms with Gasteiger partial charge in [-0.25, -0.2) is 4.99 Å². The molecule has 10 heavy (non-hydrogen) atoms. The van der Waals surface area contributed by atoms with Gasteiger partial charge in [0.25, 0.3) is 0 Å². The zero-order chi connectivity index (χ0) is 7.56. The standard InChI is InChI=1S/C7H12N2O/c1-5(2)6-3-8-7(10)9-4-6/h3-5,7-8,10H,1-2H3. The Morgan fingerprint density at radius 2 is 2.40 bits per heavy atom. The summed E-state index contributed by atoms with van der Waals surface area (Å²) >= 11 is 0. The second-order valence-electron chi connectivity index (χ2n) is 2.62. The lowest BCUT2D eigenvalue weighted by Crippen LogP contribution is -2.26. The van der Waals surface area contributed by atoms with E-state index in [0.29, 0.717) is 5.92 Å². The van der Waals surface area contributed by atoms with Crippen molar-refractivity contribution in [1.29, 1.82) is 0 Å². The maximum atomic E-state index is 8.86. The van der Waals surface area contributed by atoms with Crippen LogP contribution < -0.4 is 5.32 Å². The highest BCUT2D eigenvalue weighted by Crippen LogP contribution is 2.08. The summed E-state index contributed by atoms with van der Waals surface area (Å²) in [7, 11) is 0. The quantitative estimate of drug-likeness (QED) is 0.556. The van der Waals surface area contributed by atoms with Crippen molar-refractivity contribution in [2.75, 3.05) is 0 Å². The number of rotatable bonds is 1. The van der Waals surface area contributed by atoms with E-state index in [9.17, 15) is 0 Å². The Hall–Kier alpha value is -0.830. The molecule has 0 radical (unpaired) electrons. The number of aliphatic imine (C=N–C) groups is 1. The minimum absolute atomic E-state index is 0.462. The first-order chi connectivity index (χ1) is 4.70. The number of nitrogens with zero attached hydrogens (tertiary/aromatic N) is 1. The van der Waals surface area contributed by atoms with Crippen LogP contribution in [0.15, 0.2) is 16.8 Å². The molecular formula is C7H12N2O. The molecule has 1 heterocycles. The number of allylic oxidation sites excluding steroid dienone is 1. The third-order valence-corrected chi connectivity index (χ3v) is 1.43. The summed E-state index contributed by atoms with van der Waals surface area (Å²) in [5, 5.41) is 11.6. The van der Waals surface area contributed by atoms with Crippen molar-refractivity contribution < 1.29 is 5.11 Å². The minimum Gasteiger partial charge on any atom is -0.355 e. The van der Waals surface area contributed by atoms with Crippen LogP contribution in [0, 0.1) is 5.92 Å². The fourth-order valence-corrected chi connectivity index (χ4v) is 0.723. The fourth-order valence-electron chi connectivity index (χ4n) is 0.723. The first-order valence-corrected chi connectivity index (χ1v) is 3.37. The van der Waals surface area contributed by atoms with Crippen molar-refractivity contribution in [3.63, 3.8) is 0 Å². The van der Waals surface area contributed by atoms with Crippen LogP contribution in [-0.4, -0.2) is 17.7 Å². The molecule has 56 valence electrons. The molecule has 1 rings (SSSR count). The average Bonchev–Trinajstić information content (AvgIpc) is 1.88. The molecule has 3 nitrogen and oxygen atoms in total. The zero-order valence-corrected chi connectivity index (χ0v) is 6.20. The van der Waals surface area contributed by atoms with Gasteiger partial charge in [0.2, 0.25) is 6.35 Å². The van der Waals surface area contributed by atoms with Crippen LogP contribution in [0.4, 0.5) is 0 Å². The molecule has 0 aromatic carbocycles. The Labute approximate surface area is 60.5 Å². The predicted octanol–water partition coefficient (Wildman–Crippen LogP) is 0.476. The molecule has 1 aliphatic rings. The normalized spacial score (nSPS) is 24.4. The van der Waals surface area contributed by atoms with Crippen molar-refractivity contribution in [3.8, 4) is 0 Å². The number of hydrogen-bond acceptors (Lipinski definition) is 3. The average molecular weight is 140 g/mol. The van der Waals surface area contributed by atoms with Gasteiger partial charge in [0.1, 0.15) is 0 Å². The van der Waals surface area contributed by atoms with Gasteiger partial charge in [0, 0.05) is 12.4 Å². The first kappa shape index (κ1) is 7.28. The van der Waals surface area contributed by atoms with E-state index in [0.717, 1.165) is 5.57 Å². The summed E-state index contributed by atoms with van der Waals surface area (Å²) in [6.45, 7) is 4.16. The fraction of sp³-hybridized carbons (Fsp3) is 0.571. The molecule has 0 aromatic heterocycles. The molecule has 1 atom stereocenters. The van der Waals surface area contributed by atoms with Crippen LogP contribution in [-0.2, 0) is 0 Å². The van der Waals surface area contributed by atoms with Gasteiger partial charge in [-0.05, 0) is 11.5 Å². The summed E-state index contributed by atoms with van der Waals surface area (Å²) in [5.41, 5.74) is 1.12. The molecule has 0 saturated carbocycles. The molecule has 0 fully saturated rings. The maximum absolute atomic E-state index is 8.86. The predicted molar refractivity (Wildman–Crippen MR) is 40.6 cm³/mol. The third-order valence-electron chi connectivity index (χ3n) is 1.43. The van der Waals surface area contributed by atoms with Crippen molar-refractivity contribution in [3.05, 3.63) is 11.8 Å². The molecule has 3 heteroatoms. The Bertz CT molecular complexity index is 172.